The second-order valence-electron chi connectivity index (χ2n) is 7.98. The van der Waals surface area contributed by atoms with Gasteiger partial charge in [-0.25, -0.2) is 0 Å². The van der Waals surface area contributed by atoms with Crippen molar-refractivity contribution in [3.05, 3.63) is 77.1 Å². The third kappa shape index (κ3) is 6.39. The molecule has 0 spiro atoms. The molecule has 8 heteroatoms. The van der Waals surface area contributed by atoms with E-state index >= 15 is 0 Å². The van der Waals surface area contributed by atoms with Gasteiger partial charge in [0.15, 0.2) is 11.0 Å². The predicted molar refractivity (Wildman–Crippen MR) is 135 cm³/mol. The van der Waals surface area contributed by atoms with E-state index in [1.54, 1.807) is 30.3 Å². The van der Waals surface area contributed by atoms with Gasteiger partial charge in [0.25, 0.3) is 0 Å². The highest BCUT2D eigenvalue weighted by molar-refractivity contribution is 8.00. The summed E-state index contributed by atoms with van der Waals surface area (Å²) < 4.78 is 7.73. The zero-order valence-electron chi connectivity index (χ0n) is 19.3. The number of rotatable bonds is 10. The molecule has 0 radical (unpaired) electrons. The summed E-state index contributed by atoms with van der Waals surface area (Å²) in [5.41, 5.74) is 3.05. The van der Waals surface area contributed by atoms with Crippen molar-refractivity contribution in [3.8, 4) is 5.75 Å². The quantitative estimate of drug-likeness (QED) is 0.272. The van der Waals surface area contributed by atoms with Crippen molar-refractivity contribution in [2.24, 2.45) is 0 Å². The molecule has 174 valence electrons. The molecule has 0 saturated carbocycles. The van der Waals surface area contributed by atoms with E-state index in [0.29, 0.717) is 34.2 Å². The normalized spacial score (nSPS) is 11.9. The van der Waals surface area contributed by atoms with Crippen LogP contribution in [0.15, 0.2) is 60.3 Å². The summed E-state index contributed by atoms with van der Waals surface area (Å²) in [7, 11) is 0. The zero-order valence-corrected chi connectivity index (χ0v) is 20.9. The number of anilines is 1. The number of nitrogens with one attached hydrogen (secondary N) is 1. The van der Waals surface area contributed by atoms with Crippen molar-refractivity contribution < 1.29 is 9.53 Å². The molecule has 0 aliphatic carbocycles. The summed E-state index contributed by atoms with van der Waals surface area (Å²) in [5.74, 6) is 1.57. The summed E-state index contributed by atoms with van der Waals surface area (Å²) >= 11 is 7.29. The fourth-order valence-electron chi connectivity index (χ4n) is 3.28. The van der Waals surface area contributed by atoms with Gasteiger partial charge in [-0.05, 0) is 55.2 Å². The minimum Gasteiger partial charge on any atom is -0.486 e. The van der Waals surface area contributed by atoms with Crippen molar-refractivity contribution in [1.29, 1.82) is 0 Å². The van der Waals surface area contributed by atoms with Gasteiger partial charge in [0.05, 0.1) is 5.25 Å². The maximum Gasteiger partial charge on any atom is 0.237 e. The van der Waals surface area contributed by atoms with Crippen LogP contribution in [0.3, 0.4) is 0 Å². The molecule has 3 aromatic rings. The first kappa shape index (κ1) is 24.9. The highest BCUT2D eigenvalue weighted by Crippen LogP contribution is 2.29. The standard InChI is InChI=1S/C25H29ClN4O2S/c1-6-14-30-22(15-32-20-12-10-19(26)11-13-20)28-29-25(30)33-18(5)24(31)27-23-17(4)8-7-9-21(23)16(2)3/h6-13,16,18H,1,14-15H2,2-5H3,(H,27,31). The first-order valence-corrected chi connectivity index (χ1v) is 12.0. The van der Waals surface area contributed by atoms with Gasteiger partial charge < -0.3 is 10.1 Å². The molecule has 0 bridgehead atoms. The van der Waals surface area contributed by atoms with Gasteiger partial charge in [-0.2, -0.15) is 0 Å². The number of carbonyl (C=O) groups is 1. The maximum absolute atomic E-state index is 13.0. The molecule has 6 nitrogen and oxygen atoms in total. The summed E-state index contributed by atoms with van der Waals surface area (Å²) in [6, 6.07) is 13.2. The van der Waals surface area contributed by atoms with Crippen LogP contribution in [-0.4, -0.2) is 25.9 Å². The Kier molecular flexibility index (Phi) is 8.58. The van der Waals surface area contributed by atoms with Gasteiger partial charge >= 0.3 is 0 Å². The topological polar surface area (TPSA) is 69.0 Å². The summed E-state index contributed by atoms with van der Waals surface area (Å²) in [5, 5.41) is 12.6. The lowest BCUT2D eigenvalue weighted by Gasteiger charge is -2.18. The summed E-state index contributed by atoms with van der Waals surface area (Å²) in [4.78, 5) is 13.0. The highest BCUT2D eigenvalue weighted by atomic mass is 35.5. The van der Waals surface area contributed by atoms with Gasteiger partial charge in [-0.1, -0.05) is 61.5 Å². The maximum atomic E-state index is 13.0. The Morgan fingerprint density at radius 3 is 2.61 bits per heavy atom. The van der Waals surface area contributed by atoms with Crippen LogP contribution in [0, 0.1) is 6.92 Å². The number of thioether (sulfide) groups is 1. The molecular weight excluding hydrogens is 456 g/mol. The molecule has 0 fully saturated rings. The van der Waals surface area contributed by atoms with Crippen LogP contribution in [0.1, 0.15) is 43.6 Å². The third-order valence-electron chi connectivity index (χ3n) is 5.11. The molecule has 1 heterocycles. The Balaban J connectivity index is 1.71. The number of benzene rings is 2. The Morgan fingerprint density at radius 2 is 1.94 bits per heavy atom. The van der Waals surface area contributed by atoms with E-state index in [2.05, 4.69) is 42.0 Å². The van der Waals surface area contributed by atoms with E-state index in [-0.39, 0.29) is 17.8 Å². The molecule has 1 atom stereocenters. The van der Waals surface area contributed by atoms with E-state index in [0.717, 1.165) is 16.8 Å². The SMILES string of the molecule is C=CCn1c(COc2ccc(Cl)cc2)nnc1SC(C)C(=O)Nc1c(C)cccc1C(C)C. The predicted octanol–water partition coefficient (Wildman–Crippen LogP) is 6.25. The van der Waals surface area contributed by atoms with E-state index < -0.39 is 0 Å². The monoisotopic (exact) mass is 484 g/mol. The van der Waals surface area contributed by atoms with Crippen molar-refractivity contribution in [2.75, 3.05) is 5.32 Å². The fourth-order valence-corrected chi connectivity index (χ4v) is 4.29. The van der Waals surface area contributed by atoms with Gasteiger partial charge in [0.2, 0.25) is 5.91 Å². The number of para-hydroxylation sites is 1. The molecule has 2 aromatic carbocycles. The summed E-state index contributed by atoms with van der Waals surface area (Å²) in [6.45, 7) is 12.7. The van der Waals surface area contributed by atoms with Crippen LogP contribution in [0.4, 0.5) is 5.69 Å². The zero-order chi connectivity index (χ0) is 24.0. The van der Waals surface area contributed by atoms with Crippen molar-refractivity contribution in [2.45, 2.75) is 57.2 Å². The van der Waals surface area contributed by atoms with E-state index in [4.69, 9.17) is 16.3 Å². The number of aromatic nitrogens is 3. The molecule has 1 unspecified atom stereocenters. The number of aryl methyl sites for hydroxylation is 1. The van der Waals surface area contributed by atoms with Gasteiger partial charge in [0, 0.05) is 17.3 Å². The first-order chi connectivity index (χ1) is 15.8. The molecular formula is C25H29ClN4O2S. The number of nitrogens with zero attached hydrogens (tertiary/aromatic N) is 3. The van der Waals surface area contributed by atoms with Crippen LogP contribution in [0.2, 0.25) is 5.02 Å². The van der Waals surface area contributed by atoms with Crippen molar-refractivity contribution in [3.63, 3.8) is 0 Å². The molecule has 0 aliphatic heterocycles. The lowest BCUT2D eigenvalue weighted by molar-refractivity contribution is -0.115. The molecule has 1 amide bonds. The first-order valence-electron chi connectivity index (χ1n) is 10.8. The smallest absolute Gasteiger partial charge is 0.237 e. The van der Waals surface area contributed by atoms with Crippen molar-refractivity contribution >= 4 is 35.0 Å². The number of allylic oxidation sites excluding steroid dienone is 1. The second kappa shape index (κ2) is 11.4. The van der Waals surface area contributed by atoms with Crippen LogP contribution in [-0.2, 0) is 17.9 Å². The highest BCUT2D eigenvalue weighted by Gasteiger charge is 2.22. The van der Waals surface area contributed by atoms with Gasteiger partial charge in [0.1, 0.15) is 12.4 Å². The minimum absolute atomic E-state index is 0.0803. The lowest BCUT2D eigenvalue weighted by atomic mass is 9.98. The Hall–Kier alpha value is -2.77. The average Bonchev–Trinajstić information content (AvgIpc) is 3.16. The Labute approximate surface area is 204 Å². The molecule has 3 rings (SSSR count). The number of carbonyl (C=O) groups excluding carboxylic acids is 1. The lowest BCUT2D eigenvalue weighted by Crippen LogP contribution is -2.24. The van der Waals surface area contributed by atoms with Gasteiger partial charge in [-0.15, -0.1) is 16.8 Å². The van der Waals surface area contributed by atoms with Gasteiger partial charge in [-0.3, -0.25) is 9.36 Å². The number of hydrogen-bond donors (Lipinski definition) is 1. The molecule has 0 saturated heterocycles. The van der Waals surface area contributed by atoms with E-state index in [1.807, 2.05) is 30.5 Å². The van der Waals surface area contributed by atoms with Crippen LogP contribution in [0.25, 0.3) is 0 Å². The van der Waals surface area contributed by atoms with Crippen LogP contribution < -0.4 is 10.1 Å². The van der Waals surface area contributed by atoms with E-state index in [9.17, 15) is 4.79 Å². The Morgan fingerprint density at radius 1 is 1.21 bits per heavy atom. The number of halogens is 1. The fraction of sp³-hybridized carbons (Fsp3) is 0.320. The molecule has 1 N–H and O–H groups in total. The number of amides is 1. The van der Waals surface area contributed by atoms with Crippen molar-refractivity contribution in [1.82, 2.24) is 14.8 Å². The summed E-state index contributed by atoms with van der Waals surface area (Å²) in [6.07, 6.45) is 1.77. The number of ether oxygens (including phenoxy) is 1. The molecule has 0 aliphatic rings. The number of hydrogen-bond acceptors (Lipinski definition) is 5. The molecule has 33 heavy (non-hydrogen) atoms. The second-order valence-corrected chi connectivity index (χ2v) is 9.73. The minimum atomic E-state index is -0.373. The third-order valence-corrected chi connectivity index (χ3v) is 6.45. The largest absolute Gasteiger partial charge is 0.486 e. The van der Waals surface area contributed by atoms with E-state index in [1.165, 1.54) is 11.8 Å². The van der Waals surface area contributed by atoms with Crippen LogP contribution in [0.5, 0.6) is 5.75 Å². The van der Waals surface area contributed by atoms with Crippen LogP contribution >= 0.6 is 23.4 Å². The Bertz CT molecular complexity index is 1110. The molecule has 1 aromatic heterocycles. The average molecular weight is 485 g/mol.